The Morgan fingerprint density at radius 2 is 2.41 bits per heavy atom. The van der Waals surface area contributed by atoms with Gasteiger partial charge in [0.1, 0.15) is 6.04 Å². The van der Waals surface area contributed by atoms with E-state index >= 15 is 0 Å². The predicted octanol–water partition coefficient (Wildman–Crippen LogP) is -1.72. The Balaban J connectivity index is 2.34. The lowest BCUT2D eigenvalue weighted by molar-refractivity contribution is -0.125. The summed E-state index contributed by atoms with van der Waals surface area (Å²) in [6, 6.07) is -0.975. The Bertz CT molecular complexity index is 498. The fourth-order valence-corrected chi connectivity index (χ4v) is 3.07. The molecule has 2 heterocycles. The van der Waals surface area contributed by atoms with Crippen LogP contribution in [0.4, 0.5) is 0 Å². The highest BCUT2D eigenvalue weighted by molar-refractivity contribution is 7.89. The highest BCUT2D eigenvalue weighted by Gasteiger charge is 2.37. The number of aromatic amines is 1. The number of morpholine rings is 1. The van der Waals surface area contributed by atoms with Crippen molar-refractivity contribution in [3.05, 3.63) is 12.5 Å². The monoisotopic (exact) mass is 260 g/mol. The first kappa shape index (κ1) is 12.0. The first-order chi connectivity index (χ1) is 8.03. The van der Waals surface area contributed by atoms with E-state index in [4.69, 9.17) is 10.5 Å². The van der Waals surface area contributed by atoms with Gasteiger partial charge in [-0.05, 0) is 0 Å². The summed E-state index contributed by atoms with van der Waals surface area (Å²) in [4.78, 5) is 17.3. The second-order valence-electron chi connectivity index (χ2n) is 3.52. The number of carbonyl (C=O) groups excluding carboxylic acids is 1. The van der Waals surface area contributed by atoms with E-state index < -0.39 is 22.0 Å². The number of primary amides is 1. The van der Waals surface area contributed by atoms with Gasteiger partial charge in [0.05, 0.1) is 25.7 Å². The minimum absolute atomic E-state index is 0.0251. The molecule has 0 saturated carbocycles. The third-order valence-corrected chi connectivity index (χ3v) is 4.30. The number of carbonyl (C=O) groups is 1. The van der Waals surface area contributed by atoms with Gasteiger partial charge in [-0.1, -0.05) is 0 Å². The van der Waals surface area contributed by atoms with Gasteiger partial charge in [0.25, 0.3) is 10.0 Å². The quantitative estimate of drug-likeness (QED) is 0.670. The highest BCUT2D eigenvalue weighted by atomic mass is 32.2. The molecule has 0 bridgehead atoms. The fraction of sp³-hybridized carbons (Fsp3) is 0.500. The van der Waals surface area contributed by atoms with E-state index in [-0.39, 0.29) is 24.8 Å². The van der Waals surface area contributed by atoms with Crippen molar-refractivity contribution >= 4 is 15.9 Å². The van der Waals surface area contributed by atoms with E-state index in [1.807, 2.05) is 0 Å². The summed E-state index contributed by atoms with van der Waals surface area (Å²) >= 11 is 0. The van der Waals surface area contributed by atoms with Crippen molar-refractivity contribution in [1.82, 2.24) is 14.3 Å². The zero-order valence-electron chi connectivity index (χ0n) is 8.87. The van der Waals surface area contributed by atoms with Gasteiger partial charge in [-0.25, -0.2) is 13.4 Å². The molecule has 0 radical (unpaired) electrons. The molecule has 94 valence electrons. The van der Waals surface area contributed by atoms with Gasteiger partial charge in [-0.3, -0.25) is 4.79 Å². The number of nitrogens with zero attached hydrogens (tertiary/aromatic N) is 2. The summed E-state index contributed by atoms with van der Waals surface area (Å²) in [5.74, 6) is -0.729. The van der Waals surface area contributed by atoms with Gasteiger partial charge in [0.2, 0.25) is 5.91 Å². The van der Waals surface area contributed by atoms with Crippen molar-refractivity contribution < 1.29 is 17.9 Å². The third kappa shape index (κ3) is 2.16. The summed E-state index contributed by atoms with van der Waals surface area (Å²) in [5.41, 5.74) is 5.16. The van der Waals surface area contributed by atoms with Gasteiger partial charge in [0.15, 0.2) is 5.03 Å². The molecule has 1 saturated heterocycles. The lowest BCUT2D eigenvalue weighted by Gasteiger charge is -2.31. The molecule has 0 aromatic carbocycles. The van der Waals surface area contributed by atoms with E-state index in [1.54, 1.807) is 0 Å². The molecular formula is C8H12N4O4S. The highest BCUT2D eigenvalue weighted by Crippen LogP contribution is 2.18. The van der Waals surface area contributed by atoms with Crippen molar-refractivity contribution in [2.24, 2.45) is 5.73 Å². The Labute approximate surface area is 97.8 Å². The average Bonchev–Trinajstić information content (AvgIpc) is 2.83. The maximum Gasteiger partial charge on any atom is 0.261 e. The van der Waals surface area contributed by atoms with E-state index in [0.29, 0.717) is 0 Å². The van der Waals surface area contributed by atoms with Crippen LogP contribution in [-0.4, -0.2) is 54.4 Å². The van der Waals surface area contributed by atoms with Crippen LogP contribution in [0.5, 0.6) is 0 Å². The Hall–Kier alpha value is -1.45. The molecule has 1 aliphatic rings. The largest absolute Gasteiger partial charge is 0.378 e. The second kappa shape index (κ2) is 4.43. The molecule has 2 rings (SSSR count). The van der Waals surface area contributed by atoms with Crippen LogP contribution in [0.25, 0.3) is 0 Å². The maximum absolute atomic E-state index is 12.2. The second-order valence-corrected chi connectivity index (χ2v) is 5.38. The number of aromatic nitrogens is 2. The summed E-state index contributed by atoms with van der Waals surface area (Å²) in [6.45, 7) is 0.300. The zero-order valence-corrected chi connectivity index (χ0v) is 9.68. The van der Waals surface area contributed by atoms with Crippen molar-refractivity contribution in [2.75, 3.05) is 19.8 Å². The molecule has 1 aromatic rings. The van der Waals surface area contributed by atoms with Crippen molar-refractivity contribution in [2.45, 2.75) is 11.1 Å². The van der Waals surface area contributed by atoms with Crippen LogP contribution < -0.4 is 5.73 Å². The number of rotatable bonds is 3. The first-order valence-electron chi connectivity index (χ1n) is 4.91. The minimum Gasteiger partial charge on any atom is -0.378 e. The molecule has 0 aliphatic carbocycles. The van der Waals surface area contributed by atoms with Crippen LogP contribution in [-0.2, 0) is 19.6 Å². The lowest BCUT2D eigenvalue weighted by atomic mass is 10.3. The van der Waals surface area contributed by atoms with Gasteiger partial charge in [0, 0.05) is 6.54 Å². The van der Waals surface area contributed by atoms with Gasteiger partial charge >= 0.3 is 0 Å². The first-order valence-corrected chi connectivity index (χ1v) is 6.35. The number of H-pyrrole nitrogens is 1. The van der Waals surface area contributed by atoms with Crippen molar-refractivity contribution in [1.29, 1.82) is 0 Å². The van der Waals surface area contributed by atoms with Crippen LogP contribution >= 0.6 is 0 Å². The Kier molecular flexibility index (Phi) is 3.13. The Morgan fingerprint density at radius 1 is 1.65 bits per heavy atom. The SMILES string of the molecule is NC(=O)C1COCCN1S(=O)(=O)c1cnc[nH]1. The Morgan fingerprint density at radius 3 is 3.00 bits per heavy atom. The predicted molar refractivity (Wildman–Crippen MR) is 56.3 cm³/mol. The molecule has 1 atom stereocenters. The number of sulfonamides is 1. The number of nitrogens with one attached hydrogen (secondary N) is 1. The van der Waals surface area contributed by atoms with Crippen LogP contribution in [0, 0.1) is 0 Å². The summed E-state index contributed by atoms with van der Waals surface area (Å²) in [6.07, 6.45) is 2.44. The van der Waals surface area contributed by atoms with Crippen LogP contribution in [0.2, 0.25) is 0 Å². The van der Waals surface area contributed by atoms with Crippen LogP contribution in [0.3, 0.4) is 0 Å². The normalized spacial score (nSPS) is 22.5. The fourth-order valence-electron chi connectivity index (χ4n) is 1.61. The van der Waals surface area contributed by atoms with E-state index in [9.17, 15) is 13.2 Å². The molecule has 8 nitrogen and oxygen atoms in total. The number of ether oxygens (including phenoxy) is 1. The molecule has 1 unspecified atom stereocenters. The van der Waals surface area contributed by atoms with E-state index in [0.717, 1.165) is 4.31 Å². The van der Waals surface area contributed by atoms with Gasteiger partial charge < -0.3 is 15.5 Å². The smallest absolute Gasteiger partial charge is 0.261 e. The lowest BCUT2D eigenvalue weighted by Crippen LogP contribution is -2.54. The molecule has 1 aromatic heterocycles. The number of imidazole rings is 1. The van der Waals surface area contributed by atoms with Crippen LogP contribution in [0.15, 0.2) is 17.6 Å². The molecule has 17 heavy (non-hydrogen) atoms. The summed E-state index contributed by atoms with van der Waals surface area (Å²) in [7, 11) is -3.78. The third-order valence-electron chi connectivity index (χ3n) is 2.47. The molecule has 1 aliphatic heterocycles. The van der Waals surface area contributed by atoms with E-state index in [1.165, 1.54) is 12.5 Å². The molecule has 0 spiro atoms. The number of hydrogen-bond acceptors (Lipinski definition) is 5. The molecular weight excluding hydrogens is 248 g/mol. The zero-order chi connectivity index (χ0) is 12.5. The summed E-state index contributed by atoms with van der Waals surface area (Å²) < 4.78 is 30.4. The van der Waals surface area contributed by atoms with Crippen molar-refractivity contribution in [3.63, 3.8) is 0 Å². The topological polar surface area (TPSA) is 118 Å². The van der Waals surface area contributed by atoms with E-state index in [2.05, 4.69) is 9.97 Å². The standard InChI is InChI=1S/C8H12N4O4S/c9-8(13)6-4-16-2-1-12(6)17(14,15)7-3-10-5-11-7/h3,5-6H,1-2,4H2,(H2,9,13)(H,10,11). The molecule has 1 amide bonds. The molecule has 9 heteroatoms. The molecule has 1 fully saturated rings. The van der Waals surface area contributed by atoms with Crippen LogP contribution in [0.1, 0.15) is 0 Å². The average molecular weight is 260 g/mol. The van der Waals surface area contributed by atoms with Crippen molar-refractivity contribution in [3.8, 4) is 0 Å². The summed E-state index contributed by atoms with van der Waals surface area (Å²) in [5, 5.41) is -0.0642. The number of amides is 1. The maximum atomic E-state index is 12.2. The minimum atomic E-state index is -3.78. The number of nitrogens with two attached hydrogens (primary N) is 1. The van der Waals surface area contributed by atoms with Gasteiger partial charge in [-0.15, -0.1) is 0 Å². The number of hydrogen-bond donors (Lipinski definition) is 2. The van der Waals surface area contributed by atoms with Gasteiger partial charge in [-0.2, -0.15) is 4.31 Å². The molecule has 3 N–H and O–H groups in total.